The summed E-state index contributed by atoms with van der Waals surface area (Å²) in [6, 6.07) is 16.9. The van der Waals surface area contributed by atoms with Crippen molar-refractivity contribution in [1.82, 2.24) is 0 Å². The SMILES string of the molecule is CCCCCCC(C)COc1ccc(S(=O)(=O)C(CC)C(=O)Nc2cc(O)c(NC(=O)c3ccccc3)cc2Cl)cc1. The molecule has 2 unspecified atom stereocenters. The molecular formula is C32H39ClN2O6S. The molecule has 3 aromatic rings. The van der Waals surface area contributed by atoms with E-state index in [-0.39, 0.29) is 33.5 Å². The molecule has 3 rings (SSSR count). The maximum atomic E-state index is 13.4. The minimum absolute atomic E-state index is 0.00243. The van der Waals surface area contributed by atoms with Crippen LogP contribution in [0.4, 0.5) is 11.4 Å². The third kappa shape index (κ3) is 8.97. The summed E-state index contributed by atoms with van der Waals surface area (Å²) >= 11 is 6.32. The van der Waals surface area contributed by atoms with E-state index in [4.69, 9.17) is 16.3 Å². The van der Waals surface area contributed by atoms with Crippen LogP contribution in [-0.4, -0.2) is 37.2 Å². The molecule has 0 saturated heterocycles. The lowest BCUT2D eigenvalue weighted by atomic mass is 10.0. The molecule has 0 heterocycles. The van der Waals surface area contributed by atoms with E-state index in [1.807, 2.05) is 0 Å². The van der Waals surface area contributed by atoms with Gasteiger partial charge in [-0.15, -0.1) is 0 Å². The Hall–Kier alpha value is -3.56. The Kier molecular flexibility index (Phi) is 12.2. The predicted octanol–water partition coefficient (Wildman–Crippen LogP) is 7.47. The molecule has 0 aliphatic carbocycles. The second kappa shape index (κ2) is 15.6. The van der Waals surface area contributed by atoms with E-state index >= 15 is 0 Å². The number of aromatic hydroxyl groups is 1. The predicted molar refractivity (Wildman–Crippen MR) is 167 cm³/mol. The zero-order valence-corrected chi connectivity index (χ0v) is 25.8. The van der Waals surface area contributed by atoms with Crippen molar-refractivity contribution < 1.29 is 27.9 Å². The van der Waals surface area contributed by atoms with E-state index in [0.717, 1.165) is 18.9 Å². The van der Waals surface area contributed by atoms with Crippen LogP contribution < -0.4 is 15.4 Å². The number of amides is 2. The summed E-state index contributed by atoms with van der Waals surface area (Å²) in [5.74, 6) is -0.644. The van der Waals surface area contributed by atoms with Crippen LogP contribution in [-0.2, 0) is 14.6 Å². The van der Waals surface area contributed by atoms with Gasteiger partial charge < -0.3 is 20.5 Å². The van der Waals surface area contributed by atoms with Gasteiger partial charge in [0.05, 0.1) is 27.9 Å². The number of rotatable bonds is 15. The molecular weight excluding hydrogens is 576 g/mol. The van der Waals surface area contributed by atoms with Gasteiger partial charge in [-0.1, -0.05) is 76.3 Å². The van der Waals surface area contributed by atoms with Gasteiger partial charge in [0.25, 0.3) is 5.91 Å². The molecule has 0 aliphatic rings. The Morgan fingerprint density at radius 2 is 1.62 bits per heavy atom. The molecule has 0 aromatic heterocycles. The summed E-state index contributed by atoms with van der Waals surface area (Å²) in [7, 11) is -4.04. The van der Waals surface area contributed by atoms with Gasteiger partial charge in [0.2, 0.25) is 5.91 Å². The number of anilines is 2. The van der Waals surface area contributed by atoms with Crippen LogP contribution in [0.15, 0.2) is 71.6 Å². The quantitative estimate of drug-likeness (QED) is 0.121. The molecule has 3 aromatic carbocycles. The van der Waals surface area contributed by atoms with Gasteiger partial charge in [0.1, 0.15) is 16.7 Å². The lowest BCUT2D eigenvalue weighted by Crippen LogP contribution is -2.34. The third-order valence-electron chi connectivity index (χ3n) is 6.90. The first-order valence-corrected chi connectivity index (χ1v) is 16.2. The summed E-state index contributed by atoms with van der Waals surface area (Å²) in [5, 5.41) is 14.2. The highest BCUT2D eigenvalue weighted by molar-refractivity contribution is 7.92. The van der Waals surface area contributed by atoms with Crippen molar-refractivity contribution in [3.8, 4) is 11.5 Å². The molecule has 10 heteroatoms. The number of benzene rings is 3. The normalized spacial score (nSPS) is 12.8. The lowest BCUT2D eigenvalue weighted by molar-refractivity contribution is -0.115. The van der Waals surface area contributed by atoms with Crippen LogP contribution in [0.5, 0.6) is 11.5 Å². The van der Waals surface area contributed by atoms with Crippen LogP contribution in [0.2, 0.25) is 5.02 Å². The fraction of sp³-hybridized carbons (Fsp3) is 0.375. The van der Waals surface area contributed by atoms with E-state index in [2.05, 4.69) is 24.5 Å². The average molecular weight is 615 g/mol. The first-order chi connectivity index (χ1) is 20.1. The standard InChI is InChI=1S/C32H39ClN2O6S/c1-4-6-7-9-12-22(3)21-41-24-15-17-25(18-16-24)42(39,40)30(5-2)32(38)34-27-20-29(36)28(19-26(27)33)35-31(37)23-13-10-8-11-14-23/h8,10-11,13-20,22,30,36H,4-7,9,12,21H2,1-3H3,(H,34,38)(H,35,37). The van der Waals surface area contributed by atoms with Crippen molar-refractivity contribution >= 4 is 44.6 Å². The molecule has 0 radical (unpaired) electrons. The topological polar surface area (TPSA) is 122 Å². The first-order valence-electron chi connectivity index (χ1n) is 14.2. The monoisotopic (exact) mass is 614 g/mol. The third-order valence-corrected chi connectivity index (χ3v) is 9.44. The van der Waals surface area contributed by atoms with Crippen LogP contribution in [0.1, 0.15) is 69.7 Å². The second-order valence-electron chi connectivity index (χ2n) is 10.3. The maximum absolute atomic E-state index is 13.4. The Morgan fingerprint density at radius 1 is 0.929 bits per heavy atom. The summed E-state index contributed by atoms with van der Waals surface area (Å²) in [4.78, 5) is 25.6. The molecule has 0 aliphatic heterocycles. The number of halogens is 1. The number of carbonyl (C=O) groups excluding carboxylic acids is 2. The van der Waals surface area contributed by atoms with Crippen molar-refractivity contribution in [2.75, 3.05) is 17.2 Å². The second-order valence-corrected chi connectivity index (χ2v) is 12.9. The maximum Gasteiger partial charge on any atom is 0.255 e. The van der Waals surface area contributed by atoms with E-state index in [1.54, 1.807) is 49.4 Å². The Labute approximate surface area is 253 Å². The molecule has 0 fully saturated rings. The number of ether oxygens (including phenoxy) is 1. The highest BCUT2D eigenvalue weighted by atomic mass is 35.5. The van der Waals surface area contributed by atoms with Gasteiger partial charge >= 0.3 is 0 Å². The van der Waals surface area contributed by atoms with Crippen molar-refractivity contribution in [3.05, 3.63) is 77.3 Å². The highest BCUT2D eigenvalue weighted by Crippen LogP contribution is 2.35. The Balaban J connectivity index is 1.65. The van der Waals surface area contributed by atoms with Crippen molar-refractivity contribution in [3.63, 3.8) is 0 Å². The van der Waals surface area contributed by atoms with Crippen molar-refractivity contribution in [2.45, 2.75) is 69.4 Å². The van der Waals surface area contributed by atoms with Crippen LogP contribution in [0.3, 0.4) is 0 Å². The van der Waals surface area contributed by atoms with E-state index in [9.17, 15) is 23.1 Å². The zero-order chi connectivity index (χ0) is 30.7. The van der Waals surface area contributed by atoms with Gasteiger partial charge in [0.15, 0.2) is 9.84 Å². The van der Waals surface area contributed by atoms with Gasteiger partial charge in [-0.25, -0.2) is 8.42 Å². The molecule has 0 bridgehead atoms. The lowest BCUT2D eigenvalue weighted by Gasteiger charge is -2.18. The highest BCUT2D eigenvalue weighted by Gasteiger charge is 2.33. The Morgan fingerprint density at radius 3 is 2.26 bits per heavy atom. The zero-order valence-electron chi connectivity index (χ0n) is 24.2. The van der Waals surface area contributed by atoms with Crippen LogP contribution >= 0.6 is 11.6 Å². The summed E-state index contributed by atoms with van der Waals surface area (Å²) in [5.41, 5.74) is 0.436. The smallest absolute Gasteiger partial charge is 0.255 e. The van der Waals surface area contributed by atoms with Gasteiger partial charge in [-0.2, -0.15) is 0 Å². The minimum Gasteiger partial charge on any atom is -0.506 e. The van der Waals surface area contributed by atoms with E-state index in [0.29, 0.717) is 23.8 Å². The van der Waals surface area contributed by atoms with E-state index in [1.165, 1.54) is 37.5 Å². The first kappa shape index (κ1) is 32.9. The van der Waals surface area contributed by atoms with Gasteiger partial charge in [0, 0.05) is 11.6 Å². The molecule has 2 amide bonds. The number of unbranched alkanes of at least 4 members (excludes halogenated alkanes) is 3. The van der Waals surface area contributed by atoms with Crippen molar-refractivity contribution in [1.29, 1.82) is 0 Å². The molecule has 0 saturated carbocycles. The summed E-state index contributed by atoms with van der Waals surface area (Å²) in [6.45, 7) is 6.46. The minimum atomic E-state index is -4.04. The number of hydrogen-bond acceptors (Lipinski definition) is 6. The molecule has 2 atom stereocenters. The number of hydrogen-bond donors (Lipinski definition) is 3. The average Bonchev–Trinajstić information content (AvgIpc) is 2.97. The largest absolute Gasteiger partial charge is 0.506 e. The van der Waals surface area contributed by atoms with Crippen LogP contribution in [0, 0.1) is 5.92 Å². The number of carbonyl (C=O) groups is 2. The van der Waals surface area contributed by atoms with Crippen molar-refractivity contribution in [2.24, 2.45) is 5.92 Å². The van der Waals surface area contributed by atoms with Gasteiger partial charge in [-0.05, 0) is 61.2 Å². The fourth-order valence-corrected chi connectivity index (χ4v) is 6.27. The fourth-order valence-electron chi connectivity index (χ4n) is 4.43. The van der Waals surface area contributed by atoms with Crippen LogP contribution in [0.25, 0.3) is 0 Å². The molecule has 0 spiro atoms. The molecule has 3 N–H and O–H groups in total. The molecule has 8 nitrogen and oxygen atoms in total. The number of sulfone groups is 1. The van der Waals surface area contributed by atoms with Gasteiger partial charge in [-0.3, -0.25) is 9.59 Å². The molecule has 42 heavy (non-hydrogen) atoms. The summed E-state index contributed by atoms with van der Waals surface area (Å²) in [6.07, 6.45) is 5.89. The number of phenols is 1. The summed E-state index contributed by atoms with van der Waals surface area (Å²) < 4.78 is 32.6. The Bertz CT molecular complexity index is 1450. The molecule has 226 valence electrons. The van der Waals surface area contributed by atoms with E-state index < -0.39 is 26.9 Å². The number of phenolic OH excluding ortho intramolecular Hbond substituents is 1. The number of nitrogens with one attached hydrogen (secondary N) is 2.